The number of methoxy groups -OCH3 is 1. The number of para-hydroxylation sites is 1. The van der Waals surface area contributed by atoms with E-state index in [1.807, 2.05) is 38.1 Å². The summed E-state index contributed by atoms with van der Waals surface area (Å²) in [6.45, 7) is 7.92. The summed E-state index contributed by atoms with van der Waals surface area (Å²) in [4.78, 5) is 11.7. The van der Waals surface area contributed by atoms with Crippen LogP contribution in [0.2, 0.25) is 0 Å². The van der Waals surface area contributed by atoms with Crippen molar-refractivity contribution in [2.24, 2.45) is 0 Å². The number of carbonyl (C=O) groups is 1. The molecule has 1 aromatic heterocycles. The van der Waals surface area contributed by atoms with Crippen LogP contribution in [0, 0.1) is 0 Å². The van der Waals surface area contributed by atoms with Gasteiger partial charge in [0, 0.05) is 5.39 Å². The van der Waals surface area contributed by atoms with Crippen molar-refractivity contribution in [1.82, 2.24) is 9.78 Å². The zero-order valence-corrected chi connectivity index (χ0v) is 14.3. The molecule has 23 heavy (non-hydrogen) atoms. The minimum atomic E-state index is -1.02. The number of nitrogens with zero attached hydrogens (tertiary/aromatic N) is 2. The van der Waals surface area contributed by atoms with Gasteiger partial charge in [-0.15, -0.1) is 0 Å². The lowest BCUT2D eigenvalue weighted by atomic mass is 10.1. The molecule has 0 N–H and O–H groups in total. The normalized spacial score (nSPS) is 12.1. The summed E-state index contributed by atoms with van der Waals surface area (Å²) in [6.07, 6.45) is 0.121. The molecule has 0 bridgehead atoms. The quantitative estimate of drug-likeness (QED) is 0.734. The molecule has 0 unspecified atom stereocenters. The van der Waals surface area contributed by atoms with E-state index in [1.54, 1.807) is 18.5 Å². The standard InChI is InChI=1S/C17H24N2O4/c1-12(2)22-11-19-15-9-7-6-8-13(15)14(18-19)10-23-17(3,4)16(20)21-5/h6-9,12H,10-11H2,1-5H3. The Labute approximate surface area is 136 Å². The Morgan fingerprint density at radius 1 is 1.30 bits per heavy atom. The van der Waals surface area contributed by atoms with E-state index < -0.39 is 11.6 Å². The third-order valence-corrected chi connectivity index (χ3v) is 3.51. The number of rotatable bonds is 7. The fraction of sp³-hybridized carbons (Fsp3) is 0.529. The van der Waals surface area contributed by atoms with Gasteiger partial charge in [0.2, 0.25) is 0 Å². The minimum Gasteiger partial charge on any atom is -0.467 e. The Morgan fingerprint density at radius 2 is 2.00 bits per heavy atom. The number of fused-ring (bicyclic) bond motifs is 1. The first-order valence-corrected chi connectivity index (χ1v) is 7.63. The van der Waals surface area contributed by atoms with E-state index >= 15 is 0 Å². The summed E-state index contributed by atoms with van der Waals surface area (Å²) in [5, 5.41) is 5.55. The van der Waals surface area contributed by atoms with Gasteiger partial charge >= 0.3 is 5.97 Å². The zero-order chi connectivity index (χ0) is 17.0. The molecule has 0 aliphatic carbocycles. The van der Waals surface area contributed by atoms with Crippen LogP contribution in [0.15, 0.2) is 24.3 Å². The maximum atomic E-state index is 11.7. The van der Waals surface area contributed by atoms with Gasteiger partial charge in [0.25, 0.3) is 0 Å². The van der Waals surface area contributed by atoms with E-state index in [0.717, 1.165) is 16.6 Å². The van der Waals surface area contributed by atoms with Crippen molar-refractivity contribution in [3.63, 3.8) is 0 Å². The van der Waals surface area contributed by atoms with Crippen molar-refractivity contribution in [2.75, 3.05) is 7.11 Å². The van der Waals surface area contributed by atoms with Gasteiger partial charge in [-0.1, -0.05) is 18.2 Å². The van der Waals surface area contributed by atoms with Crippen LogP contribution in [0.5, 0.6) is 0 Å². The monoisotopic (exact) mass is 320 g/mol. The zero-order valence-electron chi connectivity index (χ0n) is 14.3. The average Bonchev–Trinajstić information content (AvgIpc) is 2.88. The van der Waals surface area contributed by atoms with E-state index in [4.69, 9.17) is 14.2 Å². The second-order valence-corrected chi connectivity index (χ2v) is 6.10. The van der Waals surface area contributed by atoms with Crippen LogP contribution in [0.3, 0.4) is 0 Å². The molecule has 0 saturated heterocycles. The highest BCUT2D eigenvalue weighted by Crippen LogP contribution is 2.22. The highest BCUT2D eigenvalue weighted by Gasteiger charge is 2.30. The van der Waals surface area contributed by atoms with Crippen molar-refractivity contribution in [3.05, 3.63) is 30.0 Å². The van der Waals surface area contributed by atoms with E-state index in [0.29, 0.717) is 6.73 Å². The van der Waals surface area contributed by atoms with Gasteiger partial charge in [-0.2, -0.15) is 5.10 Å². The van der Waals surface area contributed by atoms with Crippen molar-refractivity contribution >= 4 is 16.9 Å². The van der Waals surface area contributed by atoms with Gasteiger partial charge in [0.05, 0.1) is 31.0 Å². The first kappa shape index (κ1) is 17.4. The summed E-state index contributed by atoms with van der Waals surface area (Å²) in [5.41, 5.74) is 0.723. The molecule has 1 aromatic carbocycles. The van der Waals surface area contributed by atoms with Gasteiger partial charge in [0.15, 0.2) is 5.60 Å². The predicted octanol–water partition coefficient (Wildman–Crippen LogP) is 2.89. The average molecular weight is 320 g/mol. The number of ether oxygens (including phenoxy) is 3. The maximum Gasteiger partial charge on any atom is 0.337 e. The molecule has 1 heterocycles. The molecule has 0 saturated carbocycles. The van der Waals surface area contributed by atoms with Crippen LogP contribution in [-0.4, -0.2) is 34.6 Å². The van der Waals surface area contributed by atoms with Crippen LogP contribution in [0.25, 0.3) is 10.9 Å². The van der Waals surface area contributed by atoms with Crippen molar-refractivity contribution < 1.29 is 19.0 Å². The number of hydrogen-bond donors (Lipinski definition) is 0. The molecule has 0 amide bonds. The fourth-order valence-corrected chi connectivity index (χ4v) is 2.17. The van der Waals surface area contributed by atoms with Gasteiger partial charge in [0.1, 0.15) is 6.73 Å². The lowest BCUT2D eigenvalue weighted by Crippen LogP contribution is -2.35. The second-order valence-electron chi connectivity index (χ2n) is 6.10. The van der Waals surface area contributed by atoms with Crippen LogP contribution in [0.4, 0.5) is 0 Å². The van der Waals surface area contributed by atoms with Crippen LogP contribution in [-0.2, 0) is 32.3 Å². The number of aromatic nitrogens is 2. The van der Waals surface area contributed by atoms with E-state index in [9.17, 15) is 4.79 Å². The molecule has 0 spiro atoms. The van der Waals surface area contributed by atoms with E-state index in [2.05, 4.69) is 5.10 Å². The highest BCUT2D eigenvalue weighted by atomic mass is 16.6. The smallest absolute Gasteiger partial charge is 0.337 e. The Bertz CT molecular complexity index is 676. The summed E-state index contributed by atoms with van der Waals surface area (Å²) < 4.78 is 17.9. The number of hydrogen-bond acceptors (Lipinski definition) is 5. The molecule has 6 heteroatoms. The van der Waals surface area contributed by atoms with E-state index in [-0.39, 0.29) is 12.7 Å². The first-order valence-electron chi connectivity index (χ1n) is 7.63. The second kappa shape index (κ2) is 7.10. The van der Waals surface area contributed by atoms with Gasteiger partial charge in [-0.25, -0.2) is 9.48 Å². The molecular weight excluding hydrogens is 296 g/mol. The molecule has 0 fully saturated rings. The van der Waals surface area contributed by atoms with Crippen LogP contribution in [0.1, 0.15) is 33.4 Å². The molecule has 6 nitrogen and oxygen atoms in total. The lowest BCUT2D eigenvalue weighted by Gasteiger charge is -2.21. The molecule has 0 aliphatic rings. The molecule has 0 aliphatic heterocycles. The summed E-state index contributed by atoms with van der Waals surface area (Å²) >= 11 is 0. The van der Waals surface area contributed by atoms with Crippen molar-refractivity contribution in [1.29, 1.82) is 0 Å². The summed E-state index contributed by atoms with van der Waals surface area (Å²) in [7, 11) is 1.35. The Morgan fingerprint density at radius 3 is 2.65 bits per heavy atom. The summed E-state index contributed by atoms with van der Waals surface area (Å²) in [6, 6.07) is 7.88. The summed E-state index contributed by atoms with van der Waals surface area (Å²) in [5.74, 6) is -0.413. The van der Waals surface area contributed by atoms with Crippen LogP contribution >= 0.6 is 0 Å². The molecular formula is C17H24N2O4. The SMILES string of the molecule is COC(=O)C(C)(C)OCc1nn(COC(C)C)c2ccccc12. The third-order valence-electron chi connectivity index (χ3n) is 3.51. The van der Waals surface area contributed by atoms with Gasteiger partial charge in [-0.05, 0) is 33.8 Å². The number of benzene rings is 1. The largest absolute Gasteiger partial charge is 0.467 e. The molecule has 0 radical (unpaired) electrons. The molecule has 2 aromatic rings. The van der Waals surface area contributed by atoms with Gasteiger partial charge < -0.3 is 14.2 Å². The van der Waals surface area contributed by atoms with Crippen molar-refractivity contribution in [2.45, 2.75) is 52.7 Å². The Kier molecular flexibility index (Phi) is 5.38. The van der Waals surface area contributed by atoms with Crippen molar-refractivity contribution in [3.8, 4) is 0 Å². The Balaban J connectivity index is 2.22. The number of carbonyl (C=O) groups excluding carboxylic acids is 1. The lowest BCUT2D eigenvalue weighted by molar-refractivity contribution is -0.166. The van der Waals surface area contributed by atoms with Gasteiger partial charge in [-0.3, -0.25) is 0 Å². The minimum absolute atomic E-state index is 0.121. The first-order chi connectivity index (χ1) is 10.8. The predicted molar refractivity (Wildman–Crippen MR) is 86.8 cm³/mol. The fourth-order valence-electron chi connectivity index (χ4n) is 2.17. The topological polar surface area (TPSA) is 62.6 Å². The Hall–Kier alpha value is -1.92. The maximum absolute atomic E-state index is 11.7. The van der Waals surface area contributed by atoms with E-state index in [1.165, 1.54) is 7.11 Å². The van der Waals surface area contributed by atoms with Crippen LogP contribution < -0.4 is 0 Å². The molecule has 126 valence electrons. The number of esters is 1. The molecule has 2 rings (SSSR count). The third kappa shape index (κ3) is 4.09. The highest BCUT2D eigenvalue weighted by molar-refractivity contribution is 5.82. The molecule has 0 atom stereocenters.